The number of thiophene rings is 1. The van der Waals surface area contributed by atoms with Crippen molar-refractivity contribution in [3.8, 4) is 0 Å². The molecule has 1 aliphatic heterocycles. The standard InChI is InChI=1S/C12H19BrN2O2S2/c1-19(16,17)15-6-2-3-10(9-15)7-14-8-11-4-5-12(13)18-11/h4-5,10,14H,2-3,6-9H2,1H3. The second-order valence-corrected chi connectivity index (χ2v) is 9.50. The van der Waals surface area contributed by atoms with E-state index in [4.69, 9.17) is 0 Å². The molecule has 4 nitrogen and oxygen atoms in total. The number of sulfonamides is 1. The number of nitrogens with zero attached hydrogens (tertiary/aromatic N) is 1. The Morgan fingerprint density at radius 3 is 2.95 bits per heavy atom. The first-order valence-electron chi connectivity index (χ1n) is 6.35. The second-order valence-electron chi connectivity index (χ2n) is 4.97. The maximum atomic E-state index is 11.5. The van der Waals surface area contributed by atoms with Crippen LogP contribution in [0.2, 0.25) is 0 Å². The molecule has 1 aromatic rings. The molecule has 0 saturated carbocycles. The fraction of sp³-hybridized carbons (Fsp3) is 0.667. The molecule has 1 unspecified atom stereocenters. The first-order chi connectivity index (χ1) is 8.95. The monoisotopic (exact) mass is 366 g/mol. The van der Waals surface area contributed by atoms with Crippen LogP contribution in [-0.4, -0.2) is 38.6 Å². The van der Waals surface area contributed by atoms with Crippen molar-refractivity contribution in [2.45, 2.75) is 19.4 Å². The Labute approximate surface area is 127 Å². The number of hydrogen-bond acceptors (Lipinski definition) is 4. The highest BCUT2D eigenvalue weighted by Gasteiger charge is 2.25. The van der Waals surface area contributed by atoms with Crippen LogP contribution in [0.4, 0.5) is 0 Å². The molecule has 108 valence electrons. The summed E-state index contributed by atoms with van der Waals surface area (Å²) in [5.74, 6) is 0.423. The maximum absolute atomic E-state index is 11.5. The number of nitrogens with one attached hydrogen (secondary N) is 1. The Hall–Kier alpha value is 0.0500. The van der Waals surface area contributed by atoms with Gasteiger partial charge in [0.25, 0.3) is 0 Å². The molecule has 1 aromatic heterocycles. The summed E-state index contributed by atoms with van der Waals surface area (Å²) in [4.78, 5) is 1.29. The zero-order valence-electron chi connectivity index (χ0n) is 10.9. The van der Waals surface area contributed by atoms with E-state index < -0.39 is 10.0 Å². The predicted molar refractivity (Wildman–Crippen MR) is 82.9 cm³/mol. The molecule has 2 heterocycles. The molecule has 1 saturated heterocycles. The third-order valence-corrected chi connectivity index (χ3v) is 6.21. The summed E-state index contributed by atoms with van der Waals surface area (Å²) >= 11 is 5.17. The first kappa shape index (κ1) is 15.4. The number of rotatable bonds is 5. The van der Waals surface area contributed by atoms with Crippen LogP contribution in [0, 0.1) is 5.92 Å². The van der Waals surface area contributed by atoms with E-state index in [1.807, 2.05) is 6.07 Å². The summed E-state index contributed by atoms with van der Waals surface area (Å²) in [6, 6.07) is 4.15. The van der Waals surface area contributed by atoms with Gasteiger partial charge in [0.1, 0.15) is 0 Å². The molecule has 1 aliphatic rings. The van der Waals surface area contributed by atoms with Gasteiger partial charge in [0.05, 0.1) is 10.0 Å². The molecule has 0 aromatic carbocycles. The molecule has 1 atom stereocenters. The van der Waals surface area contributed by atoms with Gasteiger partial charge in [0.2, 0.25) is 10.0 Å². The van der Waals surface area contributed by atoms with E-state index in [1.165, 1.54) is 11.1 Å². The number of hydrogen-bond donors (Lipinski definition) is 1. The summed E-state index contributed by atoms with van der Waals surface area (Å²) in [6.45, 7) is 3.06. The third-order valence-electron chi connectivity index (χ3n) is 3.31. The fourth-order valence-electron chi connectivity index (χ4n) is 2.34. The molecule has 0 spiro atoms. The first-order valence-corrected chi connectivity index (χ1v) is 9.81. The van der Waals surface area contributed by atoms with Crippen molar-refractivity contribution in [1.82, 2.24) is 9.62 Å². The van der Waals surface area contributed by atoms with Crippen molar-refractivity contribution < 1.29 is 8.42 Å². The molecule has 1 N–H and O–H groups in total. The summed E-state index contributed by atoms with van der Waals surface area (Å²) in [7, 11) is -3.03. The van der Waals surface area contributed by atoms with Gasteiger partial charge < -0.3 is 5.32 Å². The Bertz CT molecular complexity index is 516. The Morgan fingerprint density at radius 2 is 2.32 bits per heavy atom. The highest BCUT2D eigenvalue weighted by atomic mass is 79.9. The van der Waals surface area contributed by atoms with Crippen molar-refractivity contribution in [3.05, 3.63) is 20.8 Å². The predicted octanol–water partition coefficient (Wildman–Crippen LogP) is 2.27. The lowest BCUT2D eigenvalue weighted by molar-refractivity contribution is 0.261. The van der Waals surface area contributed by atoms with Gasteiger partial charge in [-0.3, -0.25) is 0 Å². The largest absolute Gasteiger partial charge is 0.312 e. The number of halogens is 1. The topological polar surface area (TPSA) is 49.4 Å². The highest BCUT2D eigenvalue weighted by molar-refractivity contribution is 9.11. The van der Waals surface area contributed by atoms with Crippen LogP contribution in [0.15, 0.2) is 15.9 Å². The Balaban J connectivity index is 1.77. The van der Waals surface area contributed by atoms with E-state index in [1.54, 1.807) is 15.6 Å². The molecule has 7 heteroatoms. The van der Waals surface area contributed by atoms with Crippen molar-refractivity contribution in [3.63, 3.8) is 0 Å². The third kappa shape index (κ3) is 4.82. The zero-order valence-corrected chi connectivity index (χ0v) is 14.2. The van der Waals surface area contributed by atoms with Gasteiger partial charge >= 0.3 is 0 Å². The van der Waals surface area contributed by atoms with E-state index >= 15 is 0 Å². The van der Waals surface area contributed by atoms with E-state index in [-0.39, 0.29) is 0 Å². The average molecular weight is 367 g/mol. The molecule has 1 fully saturated rings. The molecule has 0 bridgehead atoms. The molecule has 0 aliphatic carbocycles. The summed E-state index contributed by atoms with van der Waals surface area (Å²) in [5.41, 5.74) is 0. The number of piperidine rings is 1. The van der Waals surface area contributed by atoms with Gasteiger partial charge in [0, 0.05) is 24.5 Å². The Kier molecular flexibility index (Phi) is 5.42. The van der Waals surface area contributed by atoms with E-state index in [9.17, 15) is 8.42 Å². The van der Waals surface area contributed by atoms with Crippen LogP contribution in [-0.2, 0) is 16.6 Å². The van der Waals surface area contributed by atoms with E-state index in [2.05, 4.69) is 27.3 Å². The summed E-state index contributed by atoms with van der Waals surface area (Å²) in [5, 5.41) is 3.42. The second kappa shape index (κ2) is 6.67. The molecule has 19 heavy (non-hydrogen) atoms. The SMILES string of the molecule is CS(=O)(=O)N1CCCC(CNCc2ccc(Br)s2)C1. The normalized spacial score (nSPS) is 21.7. The van der Waals surface area contributed by atoms with E-state index in [0.29, 0.717) is 19.0 Å². The highest BCUT2D eigenvalue weighted by Crippen LogP contribution is 2.22. The van der Waals surface area contributed by atoms with Crippen LogP contribution in [0.3, 0.4) is 0 Å². The lowest BCUT2D eigenvalue weighted by Gasteiger charge is -2.31. The maximum Gasteiger partial charge on any atom is 0.211 e. The van der Waals surface area contributed by atoms with Gasteiger partial charge in [-0.05, 0) is 53.4 Å². The van der Waals surface area contributed by atoms with Crippen molar-refractivity contribution >= 4 is 37.3 Å². The van der Waals surface area contributed by atoms with Gasteiger partial charge in [-0.2, -0.15) is 0 Å². The molecular formula is C12H19BrN2O2S2. The zero-order chi connectivity index (χ0) is 13.9. The minimum Gasteiger partial charge on any atom is -0.312 e. The quantitative estimate of drug-likeness (QED) is 0.869. The molecular weight excluding hydrogens is 348 g/mol. The summed E-state index contributed by atoms with van der Waals surface area (Å²) in [6.07, 6.45) is 3.36. The molecule has 0 radical (unpaired) electrons. The van der Waals surface area contributed by atoms with Gasteiger partial charge in [0.15, 0.2) is 0 Å². The van der Waals surface area contributed by atoms with Crippen LogP contribution in [0.1, 0.15) is 17.7 Å². The minimum atomic E-state index is -3.03. The van der Waals surface area contributed by atoms with Crippen LogP contribution in [0.25, 0.3) is 0 Å². The lowest BCUT2D eigenvalue weighted by Crippen LogP contribution is -2.42. The smallest absolute Gasteiger partial charge is 0.211 e. The van der Waals surface area contributed by atoms with Crippen molar-refractivity contribution in [1.29, 1.82) is 0 Å². The van der Waals surface area contributed by atoms with Gasteiger partial charge in [-0.1, -0.05) is 0 Å². The lowest BCUT2D eigenvalue weighted by atomic mass is 10.00. The Morgan fingerprint density at radius 1 is 1.53 bits per heavy atom. The van der Waals surface area contributed by atoms with E-state index in [0.717, 1.165) is 29.7 Å². The average Bonchev–Trinajstić information content (AvgIpc) is 2.74. The van der Waals surface area contributed by atoms with Crippen molar-refractivity contribution in [2.75, 3.05) is 25.9 Å². The molecule has 0 amide bonds. The minimum absolute atomic E-state index is 0.423. The fourth-order valence-corrected chi connectivity index (χ4v) is 4.74. The van der Waals surface area contributed by atoms with Crippen LogP contribution >= 0.6 is 27.3 Å². The summed E-state index contributed by atoms with van der Waals surface area (Å²) < 4.78 is 25.8. The van der Waals surface area contributed by atoms with Crippen molar-refractivity contribution in [2.24, 2.45) is 5.92 Å². The van der Waals surface area contributed by atoms with Gasteiger partial charge in [-0.25, -0.2) is 12.7 Å². The molecule has 2 rings (SSSR count). The van der Waals surface area contributed by atoms with Crippen LogP contribution in [0.5, 0.6) is 0 Å². The van der Waals surface area contributed by atoms with Crippen LogP contribution < -0.4 is 5.32 Å². The van der Waals surface area contributed by atoms with Gasteiger partial charge in [-0.15, -0.1) is 11.3 Å².